The van der Waals surface area contributed by atoms with Gasteiger partial charge in [-0.25, -0.2) is 4.39 Å². The minimum absolute atomic E-state index is 0.245. The van der Waals surface area contributed by atoms with Crippen LogP contribution in [0, 0.1) is 19.7 Å². The number of ether oxygens (including phenoxy) is 1. The summed E-state index contributed by atoms with van der Waals surface area (Å²) in [7, 11) is 1.51. The summed E-state index contributed by atoms with van der Waals surface area (Å²) in [5.41, 5.74) is -1.57. The lowest BCUT2D eigenvalue weighted by atomic mass is 10.1. The molecular formula is C16H16F4N2O2S. The van der Waals surface area contributed by atoms with E-state index in [2.05, 4.69) is 4.99 Å². The van der Waals surface area contributed by atoms with Crippen molar-refractivity contribution in [2.24, 2.45) is 4.99 Å². The molecule has 0 spiro atoms. The van der Waals surface area contributed by atoms with Gasteiger partial charge in [0.2, 0.25) is 0 Å². The number of methoxy groups -OCH3 is 1. The van der Waals surface area contributed by atoms with Gasteiger partial charge in [-0.2, -0.15) is 18.2 Å². The molecule has 0 aliphatic heterocycles. The maximum Gasteiger partial charge on any atom is 0.420 e. The summed E-state index contributed by atoms with van der Waals surface area (Å²) in [5, 5.41) is 0. The Hall–Kier alpha value is -2.00. The number of aryl methyl sites for hydroxylation is 1. The third-order valence-electron chi connectivity index (χ3n) is 3.63. The summed E-state index contributed by atoms with van der Waals surface area (Å²) >= 11 is 1.18. The first-order valence-corrected chi connectivity index (χ1v) is 8.09. The highest BCUT2D eigenvalue weighted by Crippen LogP contribution is 2.34. The van der Waals surface area contributed by atoms with Crippen molar-refractivity contribution in [3.63, 3.8) is 0 Å². The largest absolute Gasteiger partial charge is 0.420 e. The molecule has 4 nitrogen and oxygen atoms in total. The fourth-order valence-electron chi connectivity index (χ4n) is 2.27. The van der Waals surface area contributed by atoms with Gasteiger partial charge < -0.3 is 9.30 Å². The molecule has 0 aliphatic carbocycles. The molecule has 0 aliphatic rings. The zero-order valence-electron chi connectivity index (χ0n) is 13.8. The number of halogens is 4. The quantitative estimate of drug-likeness (QED) is 0.764. The van der Waals surface area contributed by atoms with Crippen LogP contribution >= 0.6 is 11.3 Å². The second kappa shape index (κ2) is 7.49. The van der Waals surface area contributed by atoms with Crippen LogP contribution in [0.3, 0.4) is 0 Å². The number of hydrogen-bond acceptors (Lipinski definition) is 3. The second-order valence-corrected chi connectivity index (χ2v) is 6.43. The van der Waals surface area contributed by atoms with Crippen LogP contribution in [0.2, 0.25) is 0 Å². The number of hydrogen-bond donors (Lipinski definition) is 0. The minimum Gasteiger partial charge on any atom is -0.383 e. The van der Waals surface area contributed by atoms with Crippen molar-refractivity contribution in [1.29, 1.82) is 0 Å². The molecule has 25 heavy (non-hydrogen) atoms. The number of carbonyl (C=O) groups excluding carboxylic acids is 1. The predicted octanol–water partition coefficient (Wildman–Crippen LogP) is 3.71. The van der Waals surface area contributed by atoms with Crippen LogP contribution in [-0.4, -0.2) is 24.2 Å². The molecule has 9 heteroatoms. The van der Waals surface area contributed by atoms with Crippen LogP contribution in [0.25, 0.3) is 0 Å². The average Bonchev–Trinajstić information content (AvgIpc) is 2.78. The summed E-state index contributed by atoms with van der Waals surface area (Å²) in [6.45, 7) is 4.38. The van der Waals surface area contributed by atoms with Gasteiger partial charge in [0.25, 0.3) is 5.91 Å². The first kappa shape index (κ1) is 19.3. The van der Waals surface area contributed by atoms with E-state index in [4.69, 9.17) is 4.74 Å². The Labute approximate surface area is 145 Å². The Morgan fingerprint density at radius 1 is 1.32 bits per heavy atom. The van der Waals surface area contributed by atoms with E-state index in [1.807, 2.05) is 13.8 Å². The van der Waals surface area contributed by atoms with E-state index in [0.29, 0.717) is 19.2 Å². The second-order valence-electron chi connectivity index (χ2n) is 5.25. The number of nitrogens with zero attached hydrogens (tertiary/aromatic N) is 2. The highest BCUT2D eigenvalue weighted by atomic mass is 32.1. The summed E-state index contributed by atoms with van der Waals surface area (Å²) in [4.78, 5) is 17.2. The summed E-state index contributed by atoms with van der Waals surface area (Å²) in [6, 6.07) is 2.64. The molecule has 1 aromatic heterocycles. The maximum absolute atomic E-state index is 13.6. The lowest BCUT2D eigenvalue weighted by Crippen LogP contribution is -2.22. The molecular weight excluding hydrogens is 360 g/mol. The van der Waals surface area contributed by atoms with Gasteiger partial charge in [0.1, 0.15) is 11.4 Å². The van der Waals surface area contributed by atoms with Crippen LogP contribution < -0.4 is 4.80 Å². The number of amides is 1. The lowest BCUT2D eigenvalue weighted by molar-refractivity contribution is -0.140. The van der Waals surface area contributed by atoms with Gasteiger partial charge >= 0.3 is 6.18 Å². The van der Waals surface area contributed by atoms with Crippen molar-refractivity contribution in [3.8, 4) is 0 Å². The van der Waals surface area contributed by atoms with E-state index in [0.717, 1.165) is 22.7 Å². The Morgan fingerprint density at radius 2 is 2.00 bits per heavy atom. The SMILES string of the molecule is COCCn1c(C)c(C)sc1=NC(=O)c1cccc(F)c1C(F)(F)F. The van der Waals surface area contributed by atoms with Gasteiger partial charge in [0, 0.05) is 24.2 Å². The number of alkyl halides is 3. The number of rotatable bonds is 4. The summed E-state index contributed by atoms with van der Waals surface area (Å²) in [6.07, 6.45) is -4.99. The maximum atomic E-state index is 13.6. The van der Waals surface area contributed by atoms with Crippen LogP contribution in [0.15, 0.2) is 23.2 Å². The van der Waals surface area contributed by atoms with Crippen molar-refractivity contribution in [2.45, 2.75) is 26.6 Å². The number of benzene rings is 1. The molecule has 0 atom stereocenters. The van der Waals surface area contributed by atoms with Crippen LogP contribution in [0.5, 0.6) is 0 Å². The van der Waals surface area contributed by atoms with Crippen LogP contribution in [0.1, 0.15) is 26.5 Å². The smallest absolute Gasteiger partial charge is 0.383 e. The minimum atomic E-state index is -4.99. The van der Waals surface area contributed by atoms with Crippen molar-refractivity contribution in [3.05, 3.63) is 50.5 Å². The Balaban J connectivity index is 2.56. The molecule has 0 saturated heterocycles. The van der Waals surface area contributed by atoms with E-state index in [1.54, 1.807) is 4.57 Å². The monoisotopic (exact) mass is 376 g/mol. The van der Waals surface area contributed by atoms with Gasteiger partial charge in [-0.15, -0.1) is 11.3 Å². The Kier molecular flexibility index (Phi) is 5.79. The third kappa shape index (κ3) is 4.16. The lowest BCUT2D eigenvalue weighted by Gasteiger charge is -2.11. The van der Waals surface area contributed by atoms with Gasteiger partial charge in [-0.1, -0.05) is 6.07 Å². The topological polar surface area (TPSA) is 43.6 Å². The normalized spacial score (nSPS) is 12.7. The molecule has 0 N–H and O–H groups in total. The van der Waals surface area contributed by atoms with Crippen molar-refractivity contribution < 1.29 is 27.1 Å². The van der Waals surface area contributed by atoms with E-state index < -0.39 is 29.0 Å². The zero-order valence-corrected chi connectivity index (χ0v) is 14.6. The van der Waals surface area contributed by atoms with E-state index in [1.165, 1.54) is 18.4 Å². The molecule has 2 aromatic rings. The van der Waals surface area contributed by atoms with Crippen molar-refractivity contribution in [2.75, 3.05) is 13.7 Å². The highest BCUT2D eigenvalue weighted by Gasteiger charge is 2.38. The third-order valence-corrected chi connectivity index (χ3v) is 4.73. The molecule has 1 aromatic carbocycles. The van der Waals surface area contributed by atoms with Crippen molar-refractivity contribution >= 4 is 17.2 Å². The van der Waals surface area contributed by atoms with Gasteiger partial charge in [0.15, 0.2) is 4.80 Å². The highest BCUT2D eigenvalue weighted by molar-refractivity contribution is 7.09. The Morgan fingerprint density at radius 3 is 2.60 bits per heavy atom. The van der Waals surface area contributed by atoms with Gasteiger partial charge in [-0.05, 0) is 26.0 Å². The van der Waals surface area contributed by atoms with E-state index >= 15 is 0 Å². The summed E-state index contributed by atoms with van der Waals surface area (Å²) in [5.74, 6) is -2.64. The molecule has 0 unspecified atom stereocenters. The number of thiazole rings is 1. The van der Waals surface area contributed by atoms with E-state index in [-0.39, 0.29) is 4.80 Å². The fraction of sp³-hybridized carbons (Fsp3) is 0.375. The molecule has 0 saturated carbocycles. The first-order chi connectivity index (χ1) is 11.7. The van der Waals surface area contributed by atoms with Gasteiger partial charge in [-0.3, -0.25) is 4.79 Å². The number of aromatic nitrogens is 1. The van der Waals surface area contributed by atoms with Crippen molar-refractivity contribution in [1.82, 2.24) is 4.57 Å². The van der Waals surface area contributed by atoms with Gasteiger partial charge in [0.05, 0.1) is 12.2 Å². The molecule has 0 fully saturated rings. The summed E-state index contributed by atoms with van der Waals surface area (Å²) < 4.78 is 59.5. The van der Waals surface area contributed by atoms with E-state index in [9.17, 15) is 22.4 Å². The predicted molar refractivity (Wildman–Crippen MR) is 85.0 cm³/mol. The standard InChI is InChI=1S/C16H16F4N2O2S/c1-9-10(2)25-15(22(9)7-8-24-3)21-14(23)11-5-4-6-12(17)13(11)16(18,19)20/h4-6H,7-8H2,1-3H3. The van der Waals surface area contributed by atoms with Crippen LogP contribution in [0.4, 0.5) is 17.6 Å². The fourth-order valence-corrected chi connectivity index (χ4v) is 3.26. The van der Waals surface area contributed by atoms with Crippen LogP contribution in [-0.2, 0) is 17.5 Å². The molecule has 0 bridgehead atoms. The zero-order chi connectivity index (χ0) is 18.8. The first-order valence-electron chi connectivity index (χ1n) is 7.27. The number of carbonyl (C=O) groups is 1. The average molecular weight is 376 g/mol. The molecule has 0 radical (unpaired) electrons. The molecule has 2 rings (SSSR count). The molecule has 1 heterocycles. The Bertz CT molecular complexity index is 853. The molecule has 1 amide bonds. The molecule has 136 valence electrons.